The maximum atomic E-state index is 13.5. The molecule has 0 saturated carbocycles. The maximum Gasteiger partial charge on any atom is 0.167 e. The van der Waals surface area contributed by atoms with E-state index in [0.717, 1.165) is 65.1 Å². The maximum absolute atomic E-state index is 13.5. The molecule has 11 heteroatoms. The van der Waals surface area contributed by atoms with Crippen LogP contribution in [0, 0.1) is 0 Å². The molecule has 2 fully saturated rings. The van der Waals surface area contributed by atoms with Crippen LogP contribution in [0.4, 0.5) is 5.82 Å². The van der Waals surface area contributed by atoms with Gasteiger partial charge in [0.1, 0.15) is 35.6 Å². The van der Waals surface area contributed by atoms with E-state index >= 15 is 0 Å². The summed E-state index contributed by atoms with van der Waals surface area (Å²) >= 11 is 0. The summed E-state index contributed by atoms with van der Waals surface area (Å²) < 4.78 is 20.1. The van der Waals surface area contributed by atoms with Gasteiger partial charge in [0, 0.05) is 0 Å². The molecule has 328 valence electrons. The summed E-state index contributed by atoms with van der Waals surface area (Å²) in [5.74, 6) is 1.94. The molecular formula is C54H52N6O5. The van der Waals surface area contributed by atoms with Crippen LogP contribution < -0.4 is 14.8 Å². The van der Waals surface area contributed by atoms with Crippen LogP contribution >= 0.6 is 0 Å². The summed E-state index contributed by atoms with van der Waals surface area (Å²) in [5.41, 5.74) is 4.48. The number of benzene rings is 6. The number of nitrogens with one attached hydrogen (secondary N) is 1. The van der Waals surface area contributed by atoms with Gasteiger partial charge in [0.15, 0.2) is 23.2 Å². The van der Waals surface area contributed by atoms with Gasteiger partial charge in [-0.25, -0.2) is 15.0 Å². The molecule has 2 unspecified atom stereocenters. The zero-order valence-electron chi connectivity index (χ0n) is 36.4. The predicted molar refractivity (Wildman–Crippen MR) is 251 cm³/mol. The highest BCUT2D eigenvalue weighted by Gasteiger charge is 2.57. The summed E-state index contributed by atoms with van der Waals surface area (Å²) in [6.07, 6.45) is 1.06. The van der Waals surface area contributed by atoms with Gasteiger partial charge < -0.3 is 29.7 Å². The number of anilines is 1. The quantitative estimate of drug-likeness (QED) is 0.0919. The Kier molecular flexibility index (Phi) is 11.6. The highest BCUT2D eigenvalue weighted by atomic mass is 16.5. The van der Waals surface area contributed by atoms with Crippen molar-refractivity contribution in [3.8, 4) is 11.5 Å². The fourth-order valence-corrected chi connectivity index (χ4v) is 10.4. The number of hydrogen-bond acceptors (Lipinski definition) is 10. The van der Waals surface area contributed by atoms with E-state index in [0.29, 0.717) is 22.7 Å². The number of nitrogens with zero attached hydrogens (tertiary/aromatic N) is 5. The lowest BCUT2D eigenvalue weighted by molar-refractivity contribution is -0.0916. The topological polar surface area (TPSA) is 127 Å². The van der Waals surface area contributed by atoms with E-state index in [1.165, 1.54) is 6.33 Å². The van der Waals surface area contributed by atoms with E-state index in [9.17, 15) is 10.2 Å². The first-order valence-electron chi connectivity index (χ1n) is 22.2. The Balaban J connectivity index is 1.10. The van der Waals surface area contributed by atoms with Gasteiger partial charge in [-0.05, 0) is 83.6 Å². The zero-order valence-corrected chi connectivity index (χ0v) is 36.4. The van der Waals surface area contributed by atoms with Crippen molar-refractivity contribution in [1.82, 2.24) is 24.4 Å². The predicted octanol–water partition coefficient (Wildman–Crippen LogP) is 8.37. The molecule has 6 aromatic carbocycles. The van der Waals surface area contributed by atoms with Gasteiger partial charge in [-0.2, -0.15) is 0 Å². The van der Waals surface area contributed by atoms with Crippen molar-refractivity contribution in [1.29, 1.82) is 0 Å². The minimum atomic E-state index is -1.19. The number of aliphatic hydroxyl groups is 2. The largest absolute Gasteiger partial charge is 0.497 e. The molecule has 2 aliphatic heterocycles. The molecule has 0 amide bonds. The van der Waals surface area contributed by atoms with Crippen molar-refractivity contribution in [2.24, 2.45) is 0 Å². The molecule has 65 heavy (non-hydrogen) atoms. The van der Waals surface area contributed by atoms with E-state index < -0.39 is 41.5 Å². The van der Waals surface area contributed by atoms with Crippen LogP contribution in [-0.2, 0) is 15.7 Å². The first kappa shape index (κ1) is 42.1. The molecule has 8 aromatic rings. The second-order valence-electron chi connectivity index (χ2n) is 16.8. The Morgan fingerprint density at radius 1 is 0.615 bits per heavy atom. The van der Waals surface area contributed by atoms with E-state index in [1.807, 2.05) is 109 Å². The number of rotatable bonds is 14. The molecule has 4 heterocycles. The molecule has 0 radical (unpaired) electrons. The molecule has 3 N–H and O–H groups in total. The number of imidazole rings is 1. The summed E-state index contributed by atoms with van der Waals surface area (Å²) in [4.78, 5) is 16.9. The summed E-state index contributed by atoms with van der Waals surface area (Å²) in [7, 11) is 3.31. The Hall–Kier alpha value is -6.89. The van der Waals surface area contributed by atoms with E-state index in [-0.39, 0.29) is 0 Å². The van der Waals surface area contributed by atoms with Crippen LogP contribution in [0.2, 0.25) is 0 Å². The molecule has 2 aliphatic rings. The van der Waals surface area contributed by atoms with E-state index in [1.54, 1.807) is 25.1 Å². The molecule has 10 rings (SSSR count). The van der Waals surface area contributed by atoms with Gasteiger partial charge in [-0.1, -0.05) is 146 Å². The Labute approximate surface area is 379 Å². The Morgan fingerprint density at radius 3 is 1.58 bits per heavy atom. The fraction of sp³-hybridized carbons (Fsp3) is 0.241. The molecule has 2 saturated heterocycles. The van der Waals surface area contributed by atoms with Gasteiger partial charge in [0.05, 0.1) is 38.1 Å². The lowest BCUT2D eigenvalue weighted by Gasteiger charge is -2.44. The number of aliphatic hydroxyl groups excluding tert-OH is 2. The number of likely N-dealkylation sites (tertiary alicyclic amines) is 1. The van der Waals surface area contributed by atoms with Gasteiger partial charge in [-0.15, -0.1) is 0 Å². The third-order valence-corrected chi connectivity index (χ3v) is 13.5. The fourth-order valence-electron chi connectivity index (χ4n) is 10.4. The minimum absolute atomic E-state index is 0.471. The SMILES string of the molecule is COc1ccc(C(Nc2ncnc3c2ncn3[C@@H]2O[C@H](C(O)C(c3ccccc3)(c3ccccc3)c3ccc(OC)cc3)C(N3CCCC3)[C@H]2O)(c2ccccc2)c2ccccc2)cc1. The van der Waals surface area contributed by atoms with Crippen molar-refractivity contribution < 1.29 is 24.4 Å². The molecule has 11 nitrogen and oxygen atoms in total. The van der Waals surface area contributed by atoms with Crippen LogP contribution in [0.25, 0.3) is 11.2 Å². The number of ether oxygens (including phenoxy) is 3. The average Bonchev–Trinajstić information content (AvgIpc) is 4.15. The molecule has 2 aromatic heterocycles. The van der Waals surface area contributed by atoms with Crippen LogP contribution in [0.5, 0.6) is 11.5 Å². The van der Waals surface area contributed by atoms with E-state index in [4.69, 9.17) is 29.2 Å². The van der Waals surface area contributed by atoms with Crippen LogP contribution in [-0.4, -0.2) is 86.3 Å². The van der Waals surface area contributed by atoms with Crippen molar-refractivity contribution in [3.63, 3.8) is 0 Å². The molecule has 0 bridgehead atoms. The lowest BCUT2D eigenvalue weighted by Crippen LogP contribution is -2.56. The third-order valence-electron chi connectivity index (χ3n) is 13.5. The molecule has 0 spiro atoms. The summed E-state index contributed by atoms with van der Waals surface area (Å²) in [6, 6.07) is 56.1. The third kappa shape index (κ3) is 7.30. The zero-order chi connectivity index (χ0) is 44.4. The standard InChI is InChI=1S/C54H52N6O5/c1-63-43-29-25-39(26-30-43)53(37-17-7-3-8-18-37,38-19-9-4-10-20-38)49(62)48-46(59-33-15-16-34-59)47(61)52(65-48)60-36-57-45-50(55-35-56-51(45)60)58-54(40-21-11-5-12-22-40,41-23-13-6-14-24-41)42-27-31-44(64-2)32-28-42/h3-14,17-32,35-36,46-49,52,61-62H,15-16,33-34H2,1-2H3,(H,55,56,58)/t46?,47-,48+,49?,52-/m1/s1. The first-order valence-corrected chi connectivity index (χ1v) is 22.2. The number of aromatic nitrogens is 4. The van der Waals surface area contributed by atoms with Crippen molar-refractivity contribution >= 4 is 17.0 Å². The van der Waals surface area contributed by atoms with Crippen molar-refractivity contribution in [2.75, 3.05) is 32.6 Å². The van der Waals surface area contributed by atoms with Gasteiger partial charge in [0.25, 0.3) is 0 Å². The van der Waals surface area contributed by atoms with Crippen LogP contribution in [0.15, 0.2) is 183 Å². The monoisotopic (exact) mass is 864 g/mol. The lowest BCUT2D eigenvalue weighted by atomic mass is 9.63. The van der Waals surface area contributed by atoms with E-state index in [2.05, 4.69) is 70.9 Å². The highest BCUT2D eigenvalue weighted by molar-refractivity contribution is 5.84. The number of hydrogen-bond donors (Lipinski definition) is 3. The smallest absolute Gasteiger partial charge is 0.167 e. The molecule has 0 aliphatic carbocycles. The first-order chi connectivity index (χ1) is 32.0. The second-order valence-corrected chi connectivity index (χ2v) is 16.8. The van der Waals surface area contributed by atoms with Crippen molar-refractivity contribution in [2.45, 2.75) is 54.4 Å². The minimum Gasteiger partial charge on any atom is -0.497 e. The van der Waals surface area contributed by atoms with Gasteiger partial charge in [0.2, 0.25) is 0 Å². The number of fused-ring (bicyclic) bond motifs is 1. The number of methoxy groups -OCH3 is 2. The summed E-state index contributed by atoms with van der Waals surface area (Å²) in [6.45, 7) is 1.53. The molecule has 5 atom stereocenters. The van der Waals surface area contributed by atoms with Crippen LogP contribution in [0.3, 0.4) is 0 Å². The second kappa shape index (κ2) is 17.9. The molecular weight excluding hydrogens is 813 g/mol. The Bertz CT molecular complexity index is 2730. The average molecular weight is 865 g/mol. The van der Waals surface area contributed by atoms with Gasteiger partial charge in [-0.3, -0.25) is 9.47 Å². The van der Waals surface area contributed by atoms with Crippen LogP contribution in [0.1, 0.15) is 52.5 Å². The van der Waals surface area contributed by atoms with Gasteiger partial charge >= 0.3 is 0 Å². The van der Waals surface area contributed by atoms with Crippen molar-refractivity contribution in [3.05, 3.63) is 216 Å². The summed E-state index contributed by atoms with van der Waals surface area (Å²) in [5, 5.41) is 30.1. The Morgan fingerprint density at radius 2 is 1.08 bits per heavy atom. The normalized spacial score (nSPS) is 19.6. The highest BCUT2D eigenvalue weighted by Crippen LogP contribution is 2.49.